The molecule has 1 N–H and O–H groups in total. The van der Waals surface area contributed by atoms with Crippen molar-refractivity contribution in [2.45, 2.75) is 40.0 Å². The molecule has 5 heteroatoms. The van der Waals surface area contributed by atoms with Crippen LogP contribution in [0.2, 0.25) is 0 Å². The summed E-state index contributed by atoms with van der Waals surface area (Å²) in [4.78, 5) is 8.82. The molecule has 0 spiro atoms. The molecule has 0 aliphatic heterocycles. The van der Waals surface area contributed by atoms with Gasteiger partial charge in [-0.15, -0.1) is 11.3 Å². The van der Waals surface area contributed by atoms with Crippen molar-refractivity contribution in [3.63, 3.8) is 0 Å². The topological polar surface area (TPSA) is 50.2 Å². The Hall–Kier alpha value is -1.75. The number of hydrazone groups is 1. The molecule has 0 unspecified atom stereocenters. The molecule has 0 aliphatic carbocycles. The monoisotopic (exact) mass is 288 g/mol. The fourth-order valence-corrected chi connectivity index (χ4v) is 2.43. The third-order valence-corrected chi connectivity index (χ3v) is 3.67. The van der Waals surface area contributed by atoms with E-state index in [0.29, 0.717) is 0 Å². The zero-order valence-electron chi connectivity index (χ0n) is 12.6. The average Bonchev–Trinajstić information content (AvgIpc) is 2.85. The highest BCUT2D eigenvalue weighted by atomic mass is 32.1. The molecule has 0 aromatic carbocycles. The second kappa shape index (κ2) is 5.71. The minimum absolute atomic E-state index is 0.0655. The molecular formula is C15H20N4S. The molecule has 2 aromatic heterocycles. The largest absolute Gasteiger partial charge is 0.261 e. The molecule has 0 atom stereocenters. The number of hydrogen-bond donors (Lipinski definition) is 1. The molecule has 0 saturated carbocycles. The first-order valence-electron chi connectivity index (χ1n) is 6.55. The number of hydrogen-bond acceptors (Lipinski definition) is 5. The van der Waals surface area contributed by atoms with Crippen molar-refractivity contribution in [2.24, 2.45) is 5.10 Å². The Kier molecular flexibility index (Phi) is 4.18. The van der Waals surface area contributed by atoms with Crippen molar-refractivity contribution in [3.05, 3.63) is 40.7 Å². The summed E-state index contributed by atoms with van der Waals surface area (Å²) in [5.41, 5.74) is 7.07. The summed E-state index contributed by atoms with van der Waals surface area (Å²) in [5, 5.41) is 7.25. The van der Waals surface area contributed by atoms with E-state index in [9.17, 15) is 0 Å². The van der Waals surface area contributed by atoms with E-state index in [1.807, 2.05) is 32.2 Å². The van der Waals surface area contributed by atoms with Gasteiger partial charge < -0.3 is 0 Å². The number of pyridine rings is 1. The van der Waals surface area contributed by atoms with Gasteiger partial charge in [-0.1, -0.05) is 20.8 Å². The Bertz CT molecular complexity index is 606. The van der Waals surface area contributed by atoms with Crippen molar-refractivity contribution >= 4 is 22.2 Å². The molecule has 0 radical (unpaired) electrons. The maximum atomic E-state index is 4.55. The van der Waals surface area contributed by atoms with Gasteiger partial charge in [-0.2, -0.15) is 5.10 Å². The van der Waals surface area contributed by atoms with E-state index < -0.39 is 0 Å². The third-order valence-electron chi connectivity index (χ3n) is 2.92. The number of anilines is 1. The molecule has 20 heavy (non-hydrogen) atoms. The molecule has 4 nitrogen and oxygen atoms in total. The summed E-state index contributed by atoms with van der Waals surface area (Å²) in [7, 11) is 0. The van der Waals surface area contributed by atoms with Gasteiger partial charge in [0.1, 0.15) is 0 Å². The summed E-state index contributed by atoms with van der Waals surface area (Å²) in [5.74, 6) is 0. The molecule has 0 fully saturated rings. The number of rotatable bonds is 3. The number of aryl methyl sites for hydroxylation is 1. The van der Waals surface area contributed by atoms with E-state index in [4.69, 9.17) is 0 Å². The van der Waals surface area contributed by atoms with Crippen LogP contribution in [-0.4, -0.2) is 15.7 Å². The fourth-order valence-electron chi connectivity index (χ4n) is 1.55. The highest BCUT2D eigenvalue weighted by Gasteiger charge is 2.17. The van der Waals surface area contributed by atoms with Gasteiger partial charge in [0.05, 0.1) is 11.4 Å². The standard InChI is InChI=1S/C15H20N4S/c1-10-6-7-12(8-16-10)11(2)18-19-14-17-13(9-20-14)15(3,4)5/h6-9H,1-5H3,(H,17,19)/b18-11-. The van der Waals surface area contributed by atoms with Crippen molar-refractivity contribution in [3.8, 4) is 0 Å². The lowest BCUT2D eigenvalue weighted by atomic mass is 9.93. The van der Waals surface area contributed by atoms with Crippen LogP contribution in [0.4, 0.5) is 5.13 Å². The molecular weight excluding hydrogens is 268 g/mol. The molecule has 2 heterocycles. The van der Waals surface area contributed by atoms with E-state index in [1.54, 1.807) is 11.3 Å². The van der Waals surface area contributed by atoms with Gasteiger partial charge in [-0.25, -0.2) is 4.98 Å². The highest BCUT2D eigenvalue weighted by molar-refractivity contribution is 7.13. The lowest BCUT2D eigenvalue weighted by molar-refractivity contribution is 0.573. The predicted molar refractivity (Wildman–Crippen MR) is 85.6 cm³/mol. The van der Waals surface area contributed by atoms with Crippen LogP contribution in [0.3, 0.4) is 0 Å². The predicted octanol–water partition coefficient (Wildman–Crippen LogP) is 3.98. The van der Waals surface area contributed by atoms with Crippen molar-refractivity contribution in [2.75, 3.05) is 5.43 Å². The lowest BCUT2D eigenvalue weighted by Crippen LogP contribution is -2.11. The maximum absolute atomic E-state index is 4.55. The van der Waals surface area contributed by atoms with Crippen molar-refractivity contribution in [1.29, 1.82) is 0 Å². The van der Waals surface area contributed by atoms with Crippen LogP contribution in [0.25, 0.3) is 0 Å². The van der Waals surface area contributed by atoms with E-state index >= 15 is 0 Å². The van der Waals surface area contributed by atoms with Gasteiger partial charge in [0, 0.05) is 28.2 Å². The summed E-state index contributed by atoms with van der Waals surface area (Å²) in [6, 6.07) is 4.00. The summed E-state index contributed by atoms with van der Waals surface area (Å²) in [6.45, 7) is 10.4. The second-order valence-electron chi connectivity index (χ2n) is 5.79. The number of nitrogens with one attached hydrogen (secondary N) is 1. The molecule has 0 amide bonds. The van der Waals surface area contributed by atoms with E-state index in [1.165, 1.54) is 0 Å². The Labute approximate surface area is 124 Å². The zero-order valence-corrected chi connectivity index (χ0v) is 13.4. The first kappa shape index (κ1) is 14.7. The van der Waals surface area contributed by atoms with Crippen LogP contribution in [0, 0.1) is 6.92 Å². The smallest absolute Gasteiger partial charge is 0.203 e. The first-order chi connectivity index (χ1) is 9.36. The SMILES string of the molecule is C/C(=N/Nc1nc(C(C)(C)C)cs1)c1ccc(C)nc1. The fraction of sp³-hybridized carbons (Fsp3) is 0.400. The van der Waals surface area contributed by atoms with Crippen LogP contribution in [0.15, 0.2) is 28.8 Å². The van der Waals surface area contributed by atoms with Gasteiger partial charge >= 0.3 is 0 Å². The highest BCUT2D eigenvalue weighted by Crippen LogP contribution is 2.26. The zero-order chi connectivity index (χ0) is 14.8. The van der Waals surface area contributed by atoms with Crippen LogP contribution in [0.1, 0.15) is 44.6 Å². The molecule has 0 saturated heterocycles. The minimum Gasteiger partial charge on any atom is -0.261 e. The maximum Gasteiger partial charge on any atom is 0.203 e. The van der Waals surface area contributed by atoms with Crippen molar-refractivity contribution in [1.82, 2.24) is 9.97 Å². The van der Waals surface area contributed by atoms with Crippen LogP contribution in [-0.2, 0) is 5.41 Å². The number of thiazole rings is 1. The van der Waals surface area contributed by atoms with Crippen molar-refractivity contribution < 1.29 is 0 Å². The van der Waals surface area contributed by atoms with E-state index in [-0.39, 0.29) is 5.41 Å². The molecule has 0 aliphatic rings. The lowest BCUT2D eigenvalue weighted by Gasteiger charge is -2.13. The van der Waals surface area contributed by atoms with Crippen LogP contribution in [0.5, 0.6) is 0 Å². The summed E-state index contributed by atoms with van der Waals surface area (Å²) >= 11 is 1.57. The van der Waals surface area contributed by atoms with Gasteiger partial charge in [0.25, 0.3) is 0 Å². The first-order valence-corrected chi connectivity index (χ1v) is 7.43. The van der Waals surface area contributed by atoms with Crippen LogP contribution >= 0.6 is 11.3 Å². The number of nitrogens with zero attached hydrogens (tertiary/aromatic N) is 3. The Balaban J connectivity index is 2.09. The van der Waals surface area contributed by atoms with Gasteiger partial charge in [-0.05, 0) is 26.0 Å². The Morgan fingerprint density at radius 1 is 1.30 bits per heavy atom. The summed E-state index contributed by atoms with van der Waals surface area (Å²) < 4.78 is 0. The van der Waals surface area contributed by atoms with E-state index in [0.717, 1.165) is 27.8 Å². The molecule has 2 rings (SSSR count). The normalized spacial score (nSPS) is 12.6. The van der Waals surface area contributed by atoms with Crippen LogP contribution < -0.4 is 5.43 Å². The summed E-state index contributed by atoms with van der Waals surface area (Å²) in [6.07, 6.45) is 1.83. The quantitative estimate of drug-likeness (QED) is 0.686. The number of aromatic nitrogens is 2. The second-order valence-corrected chi connectivity index (χ2v) is 6.64. The van der Waals surface area contributed by atoms with Gasteiger partial charge in [0.2, 0.25) is 5.13 Å². The molecule has 106 valence electrons. The Morgan fingerprint density at radius 2 is 2.05 bits per heavy atom. The molecule has 0 bridgehead atoms. The molecule has 2 aromatic rings. The average molecular weight is 288 g/mol. The Morgan fingerprint density at radius 3 is 2.60 bits per heavy atom. The third kappa shape index (κ3) is 3.63. The minimum atomic E-state index is 0.0655. The van der Waals surface area contributed by atoms with Gasteiger partial charge in [0.15, 0.2) is 0 Å². The van der Waals surface area contributed by atoms with E-state index in [2.05, 4.69) is 46.6 Å². The van der Waals surface area contributed by atoms with Gasteiger partial charge in [-0.3, -0.25) is 10.4 Å².